The predicted octanol–water partition coefficient (Wildman–Crippen LogP) is 4.62. The molecule has 0 aliphatic carbocycles. The van der Waals surface area contributed by atoms with Crippen molar-refractivity contribution in [3.8, 4) is 11.3 Å². The second kappa shape index (κ2) is 14.0. The number of imidazole rings is 1. The fourth-order valence-electron chi connectivity index (χ4n) is 3.85. The second-order valence-corrected chi connectivity index (χ2v) is 8.41. The van der Waals surface area contributed by atoms with Gasteiger partial charge in [0, 0.05) is 43.9 Å². The molecule has 2 aromatic heterocycles. The van der Waals surface area contributed by atoms with Gasteiger partial charge in [-0.3, -0.25) is 10.2 Å². The first-order chi connectivity index (χ1) is 16.2. The molecule has 0 saturated carbocycles. The summed E-state index contributed by atoms with van der Waals surface area (Å²) in [7, 11) is 0. The highest BCUT2D eigenvalue weighted by atomic mass is 16.1. The van der Waals surface area contributed by atoms with Gasteiger partial charge in [0.1, 0.15) is 11.3 Å². The zero-order chi connectivity index (χ0) is 23.1. The van der Waals surface area contributed by atoms with Crippen molar-refractivity contribution in [3.63, 3.8) is 0 Å². The molecule has 33 heavy (non-hydrogen) atoms. The van der Waals surface area contributed by atoms with Gasteiger partial charge in [-0.25, -0.2) is 9.67 Å². The van der Waals surface area contributed by atoms with Crippen LogP contribution in [0.3, 0.4) is 0 Å². The molecule has 0 unspecified atom stereocenters. The lowest BCUT2D eigenvalue weighted by atomic mass is 10.1. The molecule has 3 rings (SSSR count). The van der Waals surface area contributed by atoms with Crippen LogP contribution in [0.15, 0.2) is 54.9 Å². The number of carbonyl (C=O) groups is 1. The Morgan fingerprint density at radius 3 is 2.39 bits per heavy atom. The van der Waals surface area contributed by atoms with Crippen molar-refractivity contribution < 1.29 is 4.79 Å². The number of hydrogen-bond acceptors (Lipinski definition) is 4. The number of aryl methyl sites for hydroxylation is 1. The minimum Gasteiger partial charge on any atom is -0.356 e. The number of rotatable bonds is 15. The summed E-state index contributed by atoms with van der Waals surface area (Å²) in [6, 6.07) is 13.9. The van der Waals surface area contributed by atoms with Crippen molar-refractivity contribution in [3.05, 3.63) is 66.2 Å². The quantitative estimate of drug-likeness (QED) is 0.296. The lowest BCUT2D eigenvalue weighted by Gasteiger charge is -2.08. The largest absolute Gasteiger partial charge is 0.356 e. The number of carbonyl (C=O) groups excluding carboxylic acids is 1. The molecule has 0 saturated heterocycles. The van der Waals surface area contributed by atoms with E-state index in [1.54, 1.807) is 12.4 Å². The highest BCUT2D eigenvalue weighted by molar-refractivity contribution is 5.75. The molecule has 0 aliphatic heterocycles. The first-order valence-electron chi connectivity index (χ1n) is 12.2. The molecule has 0 fully saturated rings. The zero-order valence-electron chi connectivity index (χ0n) is 19.4. The number of nitrogens with one attached hydrogen (secondary N) is 3. The van der Waals surface area contributed by atoms with Crippen molar-refractivity contribution in [2.24, 2.45) is 0 Å². The van der Waals surface area contributed by atoms with Gasteiger partial charge in [0.2, 0.25) is 5.91 Å². The Morgan fingerprint density at radius 1 is 0.939 bits per heavy atom. The lowest BCUT2D eigenvalue weighted by molar-refractivity contribution is -0.121. The zero-order valence-corrected chi connectivity index (χ0v) is 19.4. The molecule has 7 heteroatoms. The van der Waals surface area contributed by atoms with E-state index in [0.29, 0.717) is 18.5 Å². The minimum atomic E-state index is 0.137. The fourth-order valence-corrected chi connectivity index (χ4v) is 3.85. The summed E-state index contributed by atoms with van der Waals surface area (Å²) >= 11 is 0. The molecule has 2 heterocycles. The van der Waals surface area contributed by atoms with Gasteiger partial charge >= 0.3 is 0 Å². The molecule has 176 valence electrons. The molecule has 3 N–H and O–H groups in total. The molecule has 7 nitrogen and oxygen atoms in total. The van der Waals surface area contributed by atoms with Crippen LogP contribution >= 0.6 is 0 Å². The van der Waals surface area contributed by atoms with Gasteiger partial charge in [-0.15, -0.1) is 0 Å². The summed E-state index contributed by atoms with van der Waals surface area (Å²) in [6.45, 7) is 1.42. The smallest absolute Gasteiger partial charge is 0.220 e. The summed E-state index contributed by atoms with van der Waals surface area (Å²) in [6.07, 6.45) is 14.0. The number of amides is 1. The molecule has 0 bridgehead atoms. The third-order valence-electron chi connectivity index (χ3n) is 5.74. The third kappa shape index (κ3) is 9.04. The minimum absolute atomic E-state index is 0.137. The number of aromatic nitrogens is 4. The molecule has 0 aliphatic rings. The van der Waals surface area contributed by atoms with Gasteiger partial charge in [0.05, 0.1) is 5.69 Å². The predicted molar refractivity (Wildman–Crippen MR) is 130 cm³/mol. The van der Waals surface area contributed by atoms with Crippen LogP contribution in [0, 0.1) is 5.41 Å². The molecule has 0 spiro atoms. The van der Waals surface area contributed by atoms with E-state index >= 15 is 0 Å². The molecule has 3 aromatic rings. The monoisotopic (exact) mass is 448 g/mol. The molecular weight excluding hydrogens is 412 g/mol. The number of H-pyrrole nitrogens is 1. The first kappa shape index (κ1) is 24.4. The molecule has 1 amide bonds. The summed E-state index contributed by atoms with van der Waals surface area (Å²) in [5.74, 6) is 1.05. The van der Waals surface area contributed by atoms with Gasteiger partial charge in [-0.2, -0.15) is 5.10 Å². The van der Waals surface area contributed by atoms with E-state index in [4.69, 9.17) is 5.41 Å². The Bertz CT molecular complexity index is 997. The van der Waals surface area contributed by atoms with Crippen LogP contribution < -0.4 is 10.8 Å². The summed E-state index contributed by atoms with van der Waals surface area (Å²) in [5, 5.41) is 15.7. The van der Waals surface area contributed by atoms with Crippen LogP contribution in [-0.2, 0) is 17.8 Å². The van der Waals surface area contributed by atoms with Crippen LogP contribution in [0.25, 0.3) is 11.3 Å². The normalized spacial score (nSPS) is 10.9. The van der Waals surface area contributed by atoms with Gasteiger partial charge in [-0.1, -0.05) is 68.9 Å². The van der Waals surface area contributed by atoms with Crippen molar-refractivity contribution in [1.29, 1.82) is 5.41 Å². The SMILES string of the molecule is N=c1ccc(-c2ccccc2)nn1CCCCCCCCCCC(=O)NCCc1ncc[nH]1. The third-order valence-corrected chi connectivity index (χ3v) is 5.74. The second-order valence-electron chi connectivity index (χ2n) is 8.41. The summed E-state index contributed by atoms with van der Waals surface area (Å²) in [5.41, 5.74) is 2.45. The van der Waals surface area contributed by atoms with E-state index in [9.17, 15) is 4.79 Å². The van der Waals surface area contributed by atoms with E-state index in [0.717, 1.165) is 55.7 Å². The number of hydrogen-bond donors (Lipinski definition) is 3. The van der Waals surface area contributed by atoms with Crippen molar-refractivity contribution in [2.75, 3.05) is 6.54 Å². The Kier molecular flexibility index (Phi) is 10.4. The first-order valence-corrected chi connectivity index (χ1v) is 12.2. The maximum atomic E-state index is 11.9. The number of nitrogens with zero attached hydrogens (tertiary/aromatic N) is 3. The van der Waals surface area contributed by atoms with E-state index in [1.165, 1.54) is 25.7 Å². The highest BCUT2D eigenvalue weighted by Gasteiger charge is 2.03. The fraction of sp³-hybridized carbons (Fsp3) is 0.462. The Morgan fingerprint density at radius 2 is 1.67 bits per heavy atom. The van der Waals surface area contributed by atoms with Crippen molar-refractivity contribution in [2.45, 2.75) is 70.8 Å². The van der Waals surface area contributed by atoms with Gasteiger partial charge in [0.25, 0.3) is 0 Å². The van der Waals surface area contributed by atoms with Gasteiger partial charge in [0.15, 0.2) is 0 Å². The van der Waals surface area contributed by atoms with E-state index in [2.05, 4.69) is 20.4 Å². The summed E-state index contributed by atoms with van der Waals surface area (Å²) in [4.78, 5) is 19.0. The molecule has 0 atom stereocenters. The van der Waals surface area contributed by atoms with Crippen LogP contribution in [0.2, 0.25) is 0 Å². The molecule has 0 radical (unpaired) electrons. The Balaban J connectivity index is 1.19. The lowest BCUT2D eigenvalue weighted by Crippen LogP contribution is -2.25. The van der Waals surface area contributed by atoms with Gasteiger partial charge < -0.3 is 10.3 Å². The van der Waals surface area contributed by atoms with Crippen LogP contribution in [-0.4, -0.2) is 32.2 Å². The molecular formula is C26H36N6O. The van der Waals surface area contributed by atoms with Gasteiger partial charge in [-0.05, 0) is 25.0 Å². The van der Waals surface area contributed by atoms with E-state index < -0.39 is 0 Å². The van der Waals surface area contributed by atoms with Crippen LogP contribution in [0.1, 0.15) is 63.6 Å². The van der Waals surface area contributed by atoms with E-state index in [1.807, 2.05) is 47.1 Å². The number of unbranched alkanes of at least 4 members (excludes halogenated alkanes) is 7. The molecule has 1 aromatic carbocycles. The maximum Gasteiger partial charge on any atom is 0.220 e. The van der Waals surface area contributed by atoms with Crippen molar-refractivity contribution >= 4 is 5.91 Å². The Hall–Kier alpha value is -3.22. The summed E-state index contributed by atoms with van der Waals surface area (Å²) < 4.78 is 1.81. The number of aromatic amines is 1. The average Bonchev–Trinajstić information content (AvgIpc) is 3.35. The van der Waals surface area contributed by atoms with Crippen LogP contribution in [0.5, 0.6) is 0 Å². The average molecular weight is 449 g/mol. The van der Waals surface area contributed by atoms with E-state index in [-0.39, 0.29) is 5.91 Å². The van der Waals surface area contributed by atoms with Crippen LogP contribution in [0.4, 0.5) is 0 Å². The number of benzene rings is 1. The maximum absolute atomic E-state index is 11.9. The Labute approximate surface area is 196 Å². The standard InChI is InChI=1S/C26H36N6O/c27-24-16-15-23(22-12-8-7-9-13-22)31-32(24)21-11-6-4-2-1-3-5-10-14-26(33)30-18-17-25-28-19-20-29-25/h7-9,12-13,15-16,19-20,27H,1-6,10-11,14,17-18,21H2,(H,28,29)(H,30,33). The topological polar surface area (TPSA) is 99.4 Å². The highest BCUT2D eigenvalue weighted by Crippen LogP contribution is 2.14. The van der Waals surface area contributed by atoms with Crippen molar-refractivity contribution in [1.82, 2.24) is 25.1 Å².